The molecule has 0 aliphatic heterocycles. The molecule has 0 saturated carbocycles. The van der Waals surface area contributed by atoms with Gasteiger partial charge in [-0.25, -0.2) is 0 Å². The molecular weight excluding hydrogens is 246 g/mol. The van der Waals surface area contributed by atoms with Crippen LogP contribution in [-0.4, -0.2) is 17.9 Å². The molecule has 2 heterocycles. The van der Waals surface area contributed by atoms with Crippen molar-refractivity contribution in [1.82, 2.24) is 10.3 Å². The zero-order valence-corrected chi connectivity index (χ0v) is 11.2. The van der Waals surface area contributed by atoms with Crippen LogP contribution < -0.4 is 10.6 Å². The molecule has 2 N–H and O–H groups in total. The third-order valence-corrected chi connectivity index (χ3v) is 3.50. The quantitative estimate of drug-likeness (QED) is 0.888. The van der Waals surface area contributed by atoms with E-state index in [1.165, 1.54) is 4.88 Å². The van der Waals surface area contributed by atoms with Gasteiger partial charge in [-0.2, -0.15) is 0 Å². The lowest BCUT2D eigenvalue weighted by molar-refractivity contribution is 0.0946. The highest BCUT2D eigenvalue weighted by Crippen LogP contribution is 2.14. The standard InChI is InChI=1S/C13H15N3OS/c1-9-3-4-11(18-9)8-16-13(17)12-7-10(14-2)5-6-15-12/h3-7H,8H2,1-2H3,(H,14,15)(H,16,17). The number of hydrogen-bond acceptors (Lipinski definition) is 4. The van der Waals surface area contributed by atoms with Crippen molar-refractivity contribution in [2.45, 2.75) is 13.5 Å². The molecular formula is C13H15N3OS. The van der Waals surface area contributed by atoms with Gasteiger partial charge in [-0.3, -0.25) is 9.78 Å². The molecule has 0 aromatic carbocycles. The monoisotopic (exact) mass is 261 g/mol. The van der Waals surface area contributed by atoms with Gasteiger partial charge in [0.2, 0.25) is 0 Å². The molecule has 0 radical (unpaired) electrons. The highest BCUT2D eigenvalue weighted by Gasteiger charge is 2.07. The first-order valence-corrected chi connectivity index (χ1v) is 6.48. The number of hydrogen-bond donors (Lipinski definition) is 2. The Hall–Kier alpha value is -1.88. The normalized spacial score (nSPS) is 10.1. The molecule has 0 aliphatic rings. The van der Waals surface area contributed by atoms with Crippen LogP contribution in [0.2, 0.25) is 0 Å². The summed E-state index contributed by atoms with van der Waals surface area (Å²) in [7, 11) is 1.81. The zero-order valence-electron chi connectivity index (χ0n) is 10.4. The van der Waals surface area contributed by atoms with Gasteiger partial charge in [0.15, 0.2) is 0 Å². The second-order valence-electron chi connectivity index (χ2n) is 3.87. The number of nitrogens with zero attached hydrogens (tertiary/aromatic N) is 1. The third kappa shape index (κ3) is 3.07. The molecule has 0 spiro atoms. The highest BCUT2D eigenvalue weighted by molar-refractivity contribution is 7.11. The number of aromatic nitrogens is 1. The van der Waals surface area contributed by atoms with Crippen molar-refractivity contribution in [3.8, 4) is 0 Å². The van der Waals surface area contributed by atoms with Crippen LogP contribution in [0.4, 0.5) is 5.69 Å². The minimum Gasteiger partial charge on any atom is -0.388 e. The predicted octanol–water partition coefficient (Wildman–Crippen LogP) is 2.42. The Kier molecular flexibility index (Phi) is 3.94. The summed E-state index contributed by atoms with van der Waals surface area (Å²) >= 11 is 1.69. The van der Waals surface area contributed by atoms with Crippen molar-refractivity contribution < 1.29 is 4.79 Å². The average Bonchev–Trinajstić information content (AvgIpc) is 2.82. The first-order valence-electron chi connectivity index (χ1n) is 5.66. The number of rotatable bonds is 4. The molecule has 0 bridgehead atoms. The van der Waals surface area contributed by atoms with E-state index in [1.54, 1.807) is 23.6 Å². The Morgan fingerprint density at radius 3 is 2.89 bits per heavy atom. The fraction of sp³-hybridized carbons (Fsp3) is 0.231. The number of pyridine rings is 1. The van der Waals surface area contributed by atoms with Crippen molar-refractivity contribution in [2.75, 3.05) is 12.4 Å². The largest absolute Gasteiger partial charge is 0.388 e. The van der Waals surface area contributed by atoms with Crippen LogP contribution in [-0.2, 0) is 6.54 Å². The minimum absolute atomic E-state index is 0.154. The van der Waals surface area contributed by atoms with Crippen molar-refractivity contribution in [1.29, 1.82) is 0 Å². The van der Waals surface area contributed by atoms with Crippen LogP contribution >= 0.6 is 11.3 Å². The molecule has 1 amide bonds. The maximum atomic E-state index is 11.9. The Labute approximate surface area is 110 Å². The van der Waals surface area contributed by atoms with Gasteiger partial charge in [-0.15, -0.1) is 11.3 Å². The molecule has 4 nitrogen and oxygen atoms in total. The van der Waals surface area contributed by atoms with Crippen molar-refractivity contribution in [3.05, 3.63) is 45.9 Å². The summed E-state index contributed by atoms with van der Waals surface area (Å²) in [6.45, 7) is 2.59. The summed E-state index contributed by atoms with van der Waals surface area (Å²) in [6.07, 6.45) is 1.62. The van der Waals surface area contributed by atoms with E-state index in [0.717, 1.165) is 10.6 Å². The van der Waals surface area contributed by atoms with Crippen molar-refractivity contribution >= 4 is 22.9 Å². The summed E-state index contributed by atoms with van der Waals surface area (Å²) in [5.41, 5.74) is 1.30. The summed E-state index contributed by atoms with van der Waals surface area (Å²) in [5, 5.41) is 5.84. The summed E-state index contributed by atoms with van der Waals surface area (Å²) in [6, 6.07) is 7.62. The zero-order chi connectivity index (χ0) is 13.0. The lowest BCUT2D eigenvalue weighted by atomic mass is 10.3. The maximum absolute atomic E-state index is 11.9. The molecule has 18 heavy (non-hydrogen) atoms. The number of aryl methyl sites for hydroxylation is 1. The van der Waals surface area contributed by atoms with Gasteiger partial charge in [-0.05, 0) is 31.2 Å². The Morgan fingerprint density at radius 2 is 2.22 bits per heavy atom. The van der Waals surface area contributed by atoms with Crippen LogP contribution in [0.3, 0.4) is 0 Å². The molecule has 0 atom stereocenters. The minimum atomic E-state index is -0.154. The third-order valence-electron chi connectivity index (χ3n) is 2.50. The SMILES string of the molecule is CNc1ccnc(C(=O)NCc2ccc(C)s2)c1. The van der Waals surface area contributed by atoms with E-state index in [9.17, 15) is 4.79 Å². The van der Waals surface area contributed by atoms with Gasteiger partial charge in [0.25, 0.3) is 5.91 Å². The van der Waals surface area contributed by atoms with Gasteiger partial charge < -0.3 is 10.6 Å². The molecule has 0 unspecified atom stereocenters. The van der Waals surface area contributed by atoms with Gasteiger partial charge in [-0.1, -0.05) is 0 Å². The lowest BCUT2D eigenvalue weighted by Gasteiger charge is -2.05. The fourth-order valence-corrected chi connectivity index (χ4v) is 2.38. The maximum Gasteiger partial charge on any atom is 0.270 e. The molecule has 2 rings (SSSR count). The number of carbonyl (C=O) groups is 1. The number of nitrogens with one attached hydrogen (secondary N) is 2. The van der Waals surface area contributed by atoms with Gasteiger partial charge >= 0.3 is 0 Å². The Bertz CT molecular complexity index is 551. The van der Waals surface area contributed by atoms with Gasteiger partial charge in [0, 0.05) is 28.7 Å². The summed E-state index contributed by atoms with van der Waals surface area (Å²) < 4.78 is 0. The van der Waals surface area contributed by atoms with Crippen molar-refractivity contribution in [3.63, 3.8) is 0 Å². The second-order valence-corrected chi connectivity index (χ2v) is 5.25. The number of carbonyl (C=O) groups excluding carboxylic acids is 1. The van der Waals surface area contributed by atoms with E-state index in [0.29, 0.717) is 12.2 Å². The van der Waals surface area contributed by atoms with E-state index in [-0.39, 0.29) is 5.91 Å². The summed E-state index contributed by atoms with van der Waals surface area (Å²) in [5.74, 6) is -0.154. The molecule has 0 fully saturated rings. The molecule has 0 aliphatic carbocycles. The van der Waals surface area contributed by atoms with E-state index >= 15 is 0 Å². The number of amides is 1. The van der Waals surface area contributed by atoms with Crippen LogP contribution in [0.5, 0.6) is 0 Å². The topological polar surface area (TPSA) is 54.0 Å². The van der Waals surface area contributed by atoms with Gasteiger partial charge in [0.1, 0.15) is 5.69 Å². The number of anilines is 1. The van der Waals surface area contributed by atoms with E-state index in [4.69, 9.17) is 0 Å². The molecule has 0 saturated heterocycles. The second kappa shape index (κ2) is 5.64. The van der Waals surface area contributed by atoms with Crippen molar-refractivity contribution in [2.24, 2.45) is 0 Å². The average molecular weight is 261 g/mol. The fourth-order valence-electron chi connectivity index (χ4n) is 1.55. The molecule has 94 valence electrons. The molecule has 2 aromatic rings. The first kappa shape index (κ1) is 12.6. The van der Waals surface area contributed by atoms with Crippen LogP contribution in [0.1, 0.15) is 20.2 Å². The highest BCUT2D eigenvalue weighted by atomic mass is 32.1. The smallest absolute Gasteiger partial charge is 0.270 e. The Morgan fingerprint density at radius 1 is 1.39 bits per heavy atom. The summed E-state index contributed by atoms with van der Waals surface area (Å²) in [4.78, 5) is 18.3. The van der Waals surface area contributed by atoms with E-state index in [2.05, 4.69) is 15.6 Å². The lowest BCUT2D eigenvalue weighted by Crippen LogP contribution is -2.23. The van der Waals surface area contributed by atoms with Gasteiger partial charge in [0.05, 0.1) is 6.54 Å². The predicted molar refractivity (Wildman–Crippen MR) is 74.0 cm³/mol. The van der Waals surface area contributed by atoms with E-state index < -0.39 is 0 Å². The molecule has 5 heteroatoms. The van der Waals surface area contributed by atoms with Crippen LogP contribution in [0.25, 0.3) is 0 Å². The van der Waals surface area contributed by atoms with Crippen LogP contribution in [0, 0.1) is 6.92 Å². The number of thiophene rings is 1. The molecule has 2 aromatic heterocycles. The Balaban J connectivity index is 1.99. The van der Waals surface area contributed by atoms with E-state index in [1.807, 2.05) is 32.2 Å². The van der Waals surface area contributed by atoms with Crippen LogP contribution in [0.15, 0.2) is 30.5 Å². The first-order chi connectivity index (χ1) is 8.69.